The number of aromatic nitrogens is 1. The number of pyridine rings is 1. The van der Waals surface area contributed by atoms with E-state index in [0.717, 1.165) is 5.69 Å². The summed E-state index contributed by atoms with van der Waals surface area (Å²) in [6.07, 6.45) is 1.79. The molecule has 1 aromatic rings. The molecule has 3 nitrogen and oxygen atoms in total. The van der Waals surface area contributed by atoms with Gasteiger partial charge < -0.3 is 5.21 Å². The maximum atomic E-state index is 7.08. The lowest BCUT2D eigenvalue weighted by molar-refractivity contribution is 0.323. The maximum Gasteiger partial charge on any atom is 0.0372 e. The average Bonchev–Trinajstić information content (AvgIpc) is 1.91. The fourth-order valence-electron chi connectivity index (χ4n) is 0.448. The Hall–Kier alpha value is -1.38. The van der Waals surface area contributed by atoms with Crippen LogP contribution in [0.4, 0.5) is 0 Å². The van der Waals surface area contributed by atoms with E-state index in [2.05, 4.69) is 16.9 Å². The van der Waals surface area contributed by atoms with Crippen LogP contribution in [-0.2, 0) is 0 Å². The molecule has 54 valence electrons. The van der Waals surface area contributed by atoms with E-state index < -0.39 is 0 Å². The zero-order chi connectivity index (χ0) is 7.82. The molecule has 0 aliphatic heterocycles. The van der Waals surface area contributed by atoms with Gasteiger partial charge in [-0.15, -0.1) is 5.16 Å². The summed E-state index contributed by atoms with van der Waals surface area (Å²) >= 11 is 0. The first-order valence-electron chi connectivity index (χ1n) is 2.79. The van der Waals surface area contributed by atoms with Crippen molar-refractivity contribution in [2.75, 3.05) is 0 Å². The van der Waals surface area contributed by atoms with Gasteiger partial charge in [-0.25, -0.2) is 0 Å². The molecule has 1 rings (SSSR count). The zero-order valence-corrected chi connectivity index (χ0v) is 5.86. The lowest BCUT2D eigenvalue weighted by Crippen LogP contribution is -1.72. The minimum atomic E-state index is 1.07. The van der Waals surface area contributed by atoms with E-state index in [1.807, 2.05) is 25.1 Å². The van der Waals surface area contributed by atoms with Crippen LogP contribution >= 0.6 is 0 Å². The summed E-state index contributed by atoms with van der Waals surface area (Å²) in [5, 5.41) is 9.33. The first kappa shape index (κ1) is 8.62. The molecule has 0 amide bonds. The van der Waals surface area contributed by atoms with Gasteiger partial charge in [-0.2, -0.15) is 0 Å². The molecule has 0 aliphatic rings. The molecule has 1 N–H and O–H groups in total. The monoisotopic (exact) mass is 138 g/mol. The smallest absolute Gasteiger partial charge is 0.0372 e. The summed E-state index contributed by atoms with van der Waals surface area (Å²) in [5.74, 6) is 0. The molecule has 0 aromatic carbocycles. The molecule has 0 fully saturated rings. The maximum absolute atomic E-state index is 7.08. The lowest BCUT2D eigenvalue weighted by Gasteiger charge is -1.82. The van der Waals surface area contributed by atoms with Crippen LogP contribution < -0.4 is 0 Å². The van der Waals surface area contributed by atoms with E-state index >= 15 is 0 Å². The van der Waals surface area contributed by atoms with Gasteiger partial charge in [0.25, 0.3) is 0 Å². The second-order valence-corrected chi connectivity index (χ2v) is 1.61. The summed E-state index contributed by atoms with van der Waals surface area (Å²) in [6.45, 7) is 4.64. The number of aryl methyl sites for hydroxylation is 1. The molecule has 1 heterocycles. The van der Waals surface area contributed by atoms with Gasteiger partial charge in [-0.05, 0) is 19.1 Å². The summed E-state index contributed by atoms with van der Waals surface area (Å²) in [6, 6.07) is 5.86. The van der Waals surface area contributed by atoms with E-state index in [9.17, 15) is 0 Å². The molecule has 0 unspecified atom stereocenters. The van der Waals surface area contributed by atoms with Crippen molar-refractivity contribution in [1.29, 1.82) is 0 Å². The van der Waals surface area contributed by atoms with E-state index in [4.69, 9.17) is 5.21 Å². The molecular weight excluding hydrogens is 128 g/mol. The van der Waals surface area contributed by atoms with Crippen LogP contribution in [-0.4, -0.2) is 16.9 Å². The van der Waals surface area contributed by atoms with Gasteiger partial charge in [0.2, 0.25) is 0 Å². The first-order chi connectivity index (χ1) is 4.81. The second-order valence-electron chi connectivity index (χ2n) is 1.61. The second kappa shape index (κ2) is 5.75. The van der Waals surface area contributed by atoms with Gasteiger partial charge >= 0.3 is 0 Å². The quantitative estimate of drug-likeness (QED) is 0.335. The largest absolute Gasteiger partial charge is 0.411 e. The third-order valence-electron chi connectivity index (χ3n) is 0.813. The Labute approximate surface area is 60.0 Å². The lowest BCUT2D eigenvalue weighted by atomic mass is 10.4. The van der Waals surface area contributed by atoms with Crippen molar-refractivity contribution in [3.05, 3.63) is 30.1 Å². The molecule has 0 saturated carbocycles. The third kappa shape index (κ3) is 4.77. The highest BCUT2D eigenvalue weighted by Gasteiger charge is 1.73. The minimum Gasteiger partial charge on any atom is -0.411 e. The Kier molecular flexibility index (Phi) is 4.96. The number of nitrogens with zero attached hydrogens (tertiary/aromatic N) is 2. The Morgan fingerprint density at radius 3 is 2.40 bits per heavy atom. The molecule has 3 heteroatoms. The van der Waals surface area contributed by atoms with Crippen LogP contribution in [0.5, 0.6) is 0 Å². The minimum absolute atomic E-state index is 1.07. The Bertz CT molecular complexity index is 174. The van der Waals surface area contributed by atoms with Crippen molar-refractivity contribution in [3.63, 3.8) is 0 Å². The van der Waals surface area contributed by atoms with E-state index in [1.54, 1.807) is 6.20 Å². The Morgan fingerprint density at radius 2 is 2.20 bits per heavy atom. The molecule has 10 heavy (non-hydrogen) atoms. The number of hydrogen-bond acceptors (Lipinski definition) is 3. The molecule has 0 aliphatic carbocycles. The van der Waals surface area contributed by atoms with Crippen LogP contribution in [0.1, 0.15) is 5.69 Å². The SMILES string of the molecule is C=NO.Cc1ccccn1. The predicted octanol–water partition coefficient (Wildman–Crippen LogP) is 1.47. The number of oxime groups is 1. The molecule has 0 saturated heterocycles. The van der Waals surface area contributed by atoms with Crippen LogP contribution in [0.15, 0.2) is 29.6 Å². The third-order valence-corrected chi connectivity index (χ3v) is 0.813. The Balaban J connectivity index is 0.000000236. The fourth-order valence-corrected chi connectivity index (χ4v) is 0.448. The van der Waals surface area contributed by atoms with Gasteiger partial charge in [0, 0.05) is 18.6 Å². The van der Waals surface area contributed by atoms with Crippen molar-refractivity contribution in [1.82, 2.24) is 4.98 Å². The summed E-state index contributed by atoms with van der Waals surface area (Å²) in [7, 11) is 0. The average molecular weight is 138 g/mol. The van der Waals surface area contributed by atoms with Crippen molar-refractivity contribution in [3.8, 4) is 0 Å². The molecule has 0 radical (unpaired) electrons. The highest BCUT2D eigenvalue weighted by Crippen LogP contribution is 1.85. The van der Waals surface area contributed by atoms with Crippen molar-refractivity contribution >= 4 is 6.72 Å². The van der Waals surface area contributed by atoms with E-state index in [1.165, 1.54) is 0 Å². The molecule has 0 bridgehead atoms. The number of rotatable bonds is 0. The highest BCUT2D eigenvalue weighted by molar-refractivity contribution is 5.20. The Morgan fingerprint density at radius 1 is 1.60 bits per heavy atom. The molecule has 0 atom stereocenters. The van der Waals surface area contributed by atoms with Crippen LogP contribution in [0.3, 0.4) is 0 Å². The standard InChI is InChI=1S/C6H7N.CH3NO/c1-6-4-2-3-5-7-6;1-2-3/h2-5H,1H3;3H,1H2. The summed E-state index contributed by atoms with van der Waals surface area (Å²) < 4.78 is 0. The van der Waals surface area contributed by atoms with Gasteiger partial charge in [0.1, 0.15) is 0 Å². The van der Waals surface area contributed by atoms with Crippen molar-refractivity contribution in [2.24, 2.45) is 5.16 Å². The zero-order valence-electron chi connectivity index (χ0n) is 5.86. The van der Waals surface area contributed by atoms with E-state index in [-0.39, 0.29) is 0 Å². The van der Waals surface area contributed by atoms with Crippen LogP contribution in [0, 0.1) is 6.92 Å². The molecular formula is C7H10N2O. The van der Waals surface area contributed by atoms with Gasteiger partial charge in [-0.1, -0.05) is 6.07 Å². The van der Waals surface area contributed by atoms with Crippen LogP contribution in [0.25, 0.3) is 0 Å². The predicted molar refractivity (Wildman–Crippen MR) is 40.3 cm³/mol. The van der Waals surface area contributed by atoms with Gasteiger partial charge in [-0.3, -0.25) is 4.98 Å². The summed E-state index contributed by atoms with van der Waals surface area (Å²) in [5.41, 5.74) is 1.07. The number of hydrogen-bond donors (Lipinski definition) is 1. The van der Waals surface area contributed by atoms with Crippen LogP contribution in [0.2, 0.25) is 0 Å². The topological polar surface area (TPSA) is 45.5 Å². The fraction of sp³-hybridized carbons (Fsp3) is 0.143. The molecule has 0 spiro atoms. The molecule has 1 aromatic heterocycles. The van der Waals surface area contributed by atoms with Gasteiger partial charge in [0.15, 0.2) is 0 Å². The summed E-state index contributed by atoms with van der Waals surface area (Å²) in [4.78, 5) is 3.98. The normalized spacial score (nSPS) is 7.30. The van der Waals surface area contributed by atoms with Crippen molar-refractivity contribution in [2.45, 2.75) is 6.92 Å². The van der Waals surface area contributed by atoms with Crippen molar-refractivity contribution < 1.29 is 5.21 Å². The van der Waals surface area contributed by atoms with Gasteiger partial charge in [0.05, 0.1) is 0 Å². The van der Waals surface area contributed by atoms with E-state index in [0.29, 0.717) is 0 Å². The highest BCUT2D eigenvalue weighted by atomic mass is 16.4. The first-order valence-corrected chi connectivity index (χ1v) is 2.79.